The third-order valence-electron chi connectivity index (χ3n) is 2.33. The Bertz CT molecular complexity index is 647. The number of carbonyl (C=O) groups is 1. The van der Waals surface area contributed by atoms with Crippen LogP contribution in [0.4, 0.5) is 4.39 Å². The van der Waals surface area contributed by atoms with Gasteiger partial charge in [0.05, 0.1) is 4.47 Å². The monoisotopic (exact) mass is 387 g/mol. The van der Waals surface area contributed by atoms with E-state index in [0.29, 0.717) is 20.3 Å². The molecule has 2 aromatic rings. The topological polar surface area (TPSA) is 52.3 Å². The molecule has 98 valence electrons. The molecule has 1 amide bonds. The first-order chi connectivity index (χ1) is 8.97. The number of carbonyl (C=O) groups excluding carboxylic acids is 1. The quantitative estimate of drug-likeness (QED) is 0.854. The Hall–Kier alpha value is -1.40. The number of nitrogens with two attached hydrogens (primary N) is 1. The fourth-order valence-electron chi connectivity index (χ4n) is 1.41. The van der Waals surface area contributed by atoms with Gasteiger partial charge in [-0.1, -0.05) is 15.9 Å². The molecule has 2 aromatic carbocycles. The van der Waals surface area contributed by atoms with Crippen molar-refractivity contribution in [2.24, 2.45) is 5.73 Å². The summed E-state index contributed by atoms with van der Waals surface area (Å²) in [5, 5.41) is 0. The van der Waals surface area contributed by atoms with Crippen molar-refractivity contribution in [2.75, 3.05) is 0 Å². The van der Waals surface area contributed by atoms with Gasteiger partial charge in [0.25, 0.3) is 0 Å². The average Bonchev–Trinajstić information content (AvgIpc) is 2.36. The van der Waals surface area contributed by atoms with Gasteiger partial charge < -0.3 is 10.5 Å². The molecule has 0 heterocycles. The molecule has 0 aromatic heterocycles. The van der Waals surface area contributed by atoms with Gasteiger partial charge in [0.2, 0.25) is 5.91 Å². The number of amides is 1. The maximum atomic E-state index is 13.6. The molecule has 6 heteroatoms. The minimum atomic E-state index is -0.541. The molecule has 0 unspecified atom stereocenters. The van der Waals surface area contributed by atoms with E-state index in [1.807, 2.05) is 0 Å². The zero-order chi connectivity index (χ0) is 14.0. The zero-order valence-corrected chi connectivity index (χ0v) is 12.7. The number of hydrogen-bond acceptors (Lipinski definition) is 2. The number of halogens is 3. The lowest BCUT2D eigenvalue weighted by molar-refractivity contribution is 0.1000. The van der Waals surface area contributed by atoms with E-state index in [-0.39, 0.29) is 5.75 Å². The predicted molar refractivity (Wildman–Crippen MR) is 76.8 cm³/mol. The summed E-state index contributed by atoms with van der Waals surface area (Å²) in [6, 6.07) is 8.97. The maximum absolute atomic E-state index is 13.6. The summed E-state index contributed by atoms with van der Waals surface area (Å²) in [6.07, 6.45) is 0. The van der Waals surface area contributed by atoms with Gasteiger partial charge in [-0.25, -0.2) is 4.39 Å². The third-order valence-corrected chi connectivity index (χ3v) is 3.44. The molecule has 0 saturated heterocycles. The van der Waals surface area contributed by atoms with E-state index in [1.54, 1.807) is 12.1 Å². The molecule has 0 fully saturated rings. The van der Waals surface area contributed by atoms with Crippen LogP contribution in [0.25, 0.3) is 0 Å². The van der Waals surface area contributed by atoms with Gasteiger partial charge in [0, 0.05) is 10.0 Å². The molecule has 0 bridgehead atoms. The largest absolute Gasteiger partial charge is 0.453 e. The molecule has 0 aliphatic carbocycles. The van der Waals surface area contributed by atoms with Gasteiger partial charge in [-0.2, -0.15) is 0 Å². The Morgan fingerprint density at radius 3 is 2.47 bits per heavy atom. The molecule has 0 spiro atoms. The van der Waals surface area contributed by atoms with Crippen molar-refractivity contribution >= 4 is 37.8 Å². The van der Waals surface area contributed by atoms with Crippen LogP contribution in [-0.4, -0.2) is 5.91 Å². The minimum Gasteiger partial charge on any atom is -0.453 e. The molecule has 3 nitrogen and oxygen atoms in total. The number of rotatable bonds is 3. The molecule has 0 radical (unpaired) electrons. The van der Waals surface area contributed by atoms with Gasteiger partial charge in [-0.05, 0) is 52.3 Å². The van der Waals surface area contributed by atoms with E-state index in [1.165, 1.54) is 24.3 Å². The molecular formula is C13H8Br2FNO2. The Morgan fingerprint density at radius 2 is 1.84 bits per heavy atom. The standard InChI is InChI=1S/C13H8Br2FNO2/c14-8-2-3-10(16)12(6-8)19-11-4-1-7(13(17)18)5-9(11)15/h1-6H,(H2,17,18). The second-order valence-corrected chi connectivity index (χ2v) is 5.46. The van der Waals surface area contributed by atoms with Gasteiger partial charge in [0.15, 0.2) is 11.6 Å². The first-order valence-corrected chi connectivity index (χ1v) is 6.78. The Kier molecular flexibility index (Phi) is 4.21. The molecule has 0 aliphatic heterocycles. The smallest absolute Gasteiger partial charge is 0.248 e. The molecule has 2 rings (SSSR count). The Labute approximate surface area is 125 Å². The summed E-state index contributed by atoms with van der Waals surface area (Å²) in [7, 11) is 0. The minimum absolute atomic E-state index is 0.0851. The summed E-state index contributed by atoms with van der Waals surface area (Å²) in [4.78, 5) is 11.0. The second-order valence-electron chi connectivity index (χ2n) is 3.69. The van der Waals surface area contributed by atoms with Crippen LogP contribution >= 0.6 is 31.9 Å². The van der Waals surface area contributed by atoms with Crippen LogP contribution in [0.2, 0.25) is 0 Å². The van der Waals surface area contributed by atoms with Crippen LogP contribution in [0, 0.1) is 5.82 Å². The highest BCUT2D eigenvalue weighted by atomic mass is 79.9. The van der Waals surface area contributed by atoms with Crippen molar-refractivity contribution in [1.29, 1.82) is 0 Å². The van der Waals surface area contributed by atoms with Crippen molar-refractivity contribution in [2.45, 2.75) is 0 Å². The van der Waals surface area contributed by atoms with Crippen LogP contribution in [0.15, 0.2) is 45.3 Å². The fourth-order valence-corrected chi connectivity index (χ4v) is 2.21. The van der Waals surface area contributed by atoms with Crippen molar-refractivity contribution in [1.82, 2.24) is 0 Å². The van der Waals surface area contributed by atoms with E-state index >= 15 is 0 Å². The van der Waals surface area contributed by atoms with E-state index in [2.05, 4.69) is 31.9 Å². The SMILES string of the molecule is NC(=O)c1ccc(Oc2cc(Br)ccc2F)c(Br)c1. The van der Waals surface area contributed by atoms with Gasteiger partial charge in [-0.15, -0.1) is 0 Å². The van der Waals surface area contributed by atoms with E-state index in [4.69, 9.17) is 10.5 Å². The number of hydrogen-bond donors (Lipinski definition) is 1. The van der Waals surface area contributed by atoms with Crippen LogP contribution < -0.4 is 10.5 Å². The molecular weight excluding hydrogens is 381 g/mol. The summed E-state index contributed by atoms with van der Waals surface area (Å²) < 4.78 is 20.2. The van der Waals surface area contributed by atoms with Crippen LogP contribution in [0.5, 0.6) is 11.5 Å². The van der Waals surface area contributed by atoms with Crippen LogP contribution in [-0.2, 0) is 0 Å². The van der Waals surface area contributed by atoms with Gasteiger partial charge in [-0.3, -0.25) is 4.79 Å². The number of primary amides is 1. The van der Waals surface area contributed by atoms with Crippen molar-refractivity contribution in [3.63, 3.8) is 0 Å². The molecule has 0 aliphatic rings. The second kappa shape index (κ2) is 5.71. The lowest BCUT2D eigenvalue weighted by Crippen LogP contribution is -2.10. The van der Waals surface area contributed by atoms with Crippen LogP contribution in [0.3, 0.4) is 0 Å². The van der Waals surface area contributed by atoms with Gasteiger partial charge >= 0.3 is 0 Å². The van der Waals surface area contributed by atoms with E-state index in [9.17, 15) is 9.18 Å². The summed E-state index contributed by atoms with van der Waals surface area (Å²) in [5.41, 5.74) is 5.50. The summed E-state index contributed by atoms with van der Waals surface area (Å²) >= 11 is 6.49. The Morgan fingerprint density at radius 1 is 1.11 bits per heavy atom. The van der Waals surface area contributed by atoms with E-state index < -0.39 is 11.7 Å². The lowest BCUT2D eigenvalue weighted by atomic mass is 10.2. The Balaban J connectivity index is 2.33. The fraction of sp³-hybridized carbons (Fsp3) is 0. The van der Waals surface area contributed by atoms with Crippen molar-refractivity contribution in [3.05, 3.63) is 56.7 Å². The average molecular weight is 389 g/mol. The highest BCUT2D eigenvalue weighted by Crippen LogP contribution is 2.33. The molecule has 2 N–H and O–H groups in total. The third kappa shape index (κ3) is 3.33. The highest BCUT2D eigenvalue weighted by Gasteiger charge is 2.10. The summed E-state index contributed by atoms with van der Waals surface area (Å²) in [6.45, 7) is 0. The number of ether oxygens (including phenoxy) is 1. The van der Waals surface area contributed by atoms with Crippen molar-refractivity contribution in [3.8, 4) is 11.5 Å². The van der Waals surface area contributed by atoms with Crippen LogP contribution in [0.1, 0.15) is 10.4 Å². The predicted octanol–water partition coefficient (Wildman–Crippen LogP) is 4.24. The lowest BCUT2D eigenvalue weighted by Gasteiger charge is -2.09. The van der Waals surface area contributed by atoms with Crippen molar-refractivity contribution < 1.29 is 13.9 Å². The van der Waals surface area contributed by atoms with E-state index in [0.717, 1.165) is 0 Å². The highest BCUT2D eigenvalue weighted by molar-refractivity contribution is 9.10. The molecule has 19 heavy (non-hydrogen) atoms. The first kappa shape index (κ1) is 14.0. The normalized spacial score (nSPS) is 10.3. The molecule has 0 atom stereocenters. The summed E-state index contributed by atoms with van der Waals surface area (Å²) in [5.74, 6) is -0.543. The first-order valence-electron chi connectivity index (χ1n) is 5.19. The van der Waals surface area contributed by atoms with Gasteiger partial charge in [0.1, 0.15) is 5.75 Å². The number of benzene rings is 2. The molecule has 0 saturated carbocycles. The zero-order valence-electron chi connectivity index (χ0n) is 9.49. The maximum Gasteiger partial charge on any atom is 0.248 e.